The van der Waals surface area contributed by atoms with E-state index in [2.05, 4.69) is 12.2 Å². The van der Waals surface area contributed by atoms with Gasteiger partial charge in [0.1, 0.15) is 5.60 Å². The van der Waals surface area contributed by atoms with Gasteiger partial charge in [-0.15, -0.1) is 0 Å². The van der Waals surface area contributed by atoms with E-state index in [4.69, 9.17) is 4.74 Å². The van der Waals surface area contributed by atoms with Crippen molar-refractivity contribution in [2.45, 2.75) is 59.0 Å². The third-order valence-electron chi connectivity index (χ3n) is 5.38. The minimum atomic E-state index is -0.727. The van der Waals surface area contributed by atoms with Crippen LogP contribution in [-0.4, -0.2) is 17.5 Å². The number of ether oxygens (including phenoxy) is 1. The van der Waals surface area contributed by atoms with Crippen LogP contribution in [0, 0.1) is 19.8 Å². The summed E-state index contributed by atoms with van der Waals surface area (Å²) in [7, 11) is 0. The Bertz CT molecular complexity index is 724. The lowest BCUT2D eigenvalue weighted by molar-refractivity contribution is -0.150. The fourth-order valence-corrected chi connectivity index (χ4v) is 3.76. The SMILES string of the molecule is CC1=C(C(=O)Nc2cc(C)ccc2C)C2(CCC(C)CC2)OC1=O. The van der Waals surface area contributed by atoms with Crippen LogP contribution >= 0.6 is 0 Å². The minimum absolute atomic E-state index is 0.207. The number of anilines is 1. The minimum Gasteiger partial charge on any atom is -0.451 e. The molecule has 0 bridgehead atoms. The maximum Gasteiger partial charge on any atom is 0.335 e. The molecule has 0 aromatic heterocycles. The molecule has 3 rings (SSSR count). The number of hydrogen-bond donors (Lipinski definition) is 1. The molecule has 0 atom stereocenters. The molecule has 1 spiro atoms. The van der Waals surface area contributed by atoms with Crippen LogP contribution in [0.3, 0.4) is 0 Å². The highest BCUT2D eigenvalue weighted by atomic mass is 16.6. The van der Waals surface area contributed by atoms with Crippen LogP contribution in [0.25, 0.3) is 0 Å². The number of nitrogens with one attached hydrogen (secondary N) is 1. The van der Waals surface area contributed by atoms with Crippen molar-refractivity contribution < 1.29 is 14.3 Å². The van der Waals surface area contributed by atoms with Crippen LogP contribution in [0.2, 0.25) is 0 Å². The fraction of sp³-hybridized carbons (Fsp3) is 0.500. The number of benzene rings is 1. The molecular formula is C20H25NO3. The summed E-state index contributed by atoms with van der Waals surface area (Å²) in [6, 6.07) is 5.96. The largest absolute Gasteiger partial charge is 0.451 e. The second-order valence-electron chi connectivity index (χ2n) is 7.34. The van der Waals surface area contributed by atoms with Gasteiger partial charge < -0.3 is 10.1 Å². The Kier molecular flexibility index (Phi) is 4.24. The summed E-state index contributed by atoms with van der Waals surface area (Å²) in [4.78, 5) is 25.1. The second-order valence-corrected chi connectivity index (χ2v) is 7.34. The Hall–Kier alpha value is -2.10. The summed E-state index contributed by atoms with van der Waals surface area (Å²) >= 11 is 0. The molecule has 1 aromatic rings. The van der Waals surface area contributed by atoms with Crippen LogP contribution in [-0.2, 0) is 14.3 Å². The first-order valence-corrected chi connectivity index (χ1v) is 8.66. The van der Waals surface area contributed by atoms with Gasteiger partial charge in [-0.2, -0.15) is 0 Å². The van der Waals surface area contributed by atoms with E-state index >= 15 is 0 Å². The summed E-state index contributed by atoms with van der Waals surface area (Å²) in [5.41, 5.74) is 3.13. The molecule has 1 aliphatic carbocycles. The summed E-state index contributed by atoms with van der Waals surface area (Å²) in [5, 5.41) is 3.00. The van der Waals surface area contributed by atoms with E-state index in [0.29, 0.717) is 17.1 Å². The number of carbonyl (C=O) groups excluding carboxylic acids is 2. The summed E-state index contributed by atoms with van der Waals surface area (Å²) < 4.78 is 5.70. The number of esters is 1. The van der Waals surface area contributed by atoms with E-state index < -0.39 is 5.60 Å². The monoisotopic (exact) mass is 327 g/mol. The molecule has 4 heteroatoms. The van der Waals surface area contributed by atoms with Crippen molar-refractivity contribution in [2.75, 3.05) is 5.32 Å². The number of rotatable bonds is 2. The molecule has 2 aliphatic rings. The number of aryl methyl sites for hydroxylation is 2. The molecule has 1 aromatic carbocycles. The third-order valence-corrected chi connectivity index (χ3v) is 5.38. The Morgan fingerprint density at radius 2 is 1.88 bits per heavy atom. The van der Waals surface area contributed by atoms with Gasteiger partial charge in [0.05, 0.1) is 5.57 Å². The predicted octanol–water partition coefficient (Wildman–Crippen LogP) is 4.06. The summed E-state index contributed by atoms with van der Waals surface area (Å²) in [6.07, 6.45) is 3.40. The molecule has 128 valence electrons. The molecule has 1 fully saturated rings. The first-order valence-electron chi connectivity index (χ1n) is 8.66. The third kappa shape index (κ3) is 2.85. The first kappa shape index (κ1) is 16.7. The number of hydrogen-bond acceptors (Lipinski definition) is 3. The van der Waals surface area contributed by atoms with Crippen molar-refractivity contribution in [3.05, 3.63) is 40.5 Å². The lowest BCUT2D eigenvalue weighted by Crippen LogP contribution is -2.40. The van der Waals surface area contributed by atoms with Crippen LogP contribution in [0.1, 0.15) is 50.7 Å². The zero-order valence-corrected chi connectivity index (χ0v) is 14.9. The topological polar surface area (TPSA) is 55.4 Å². The Balaban J connectivity index is 1.91. The standard InChI is InChI=1S/C20H25NO3/c1-12-7-9-20(10-8-12)17(15(4)19(23)24-20)18(22)21-16-11-13(2)5-6-14(16)3/h5-6,11-12H,7-10H2,1-4H3,(H,21,22). The van der Waals surface area contributed by atoms with Crippen LogP contribution < -0.4 is 5.32 Å². The molecule has 1 aliphatic heterocycles. The molecule has 4 nitrogen and oxygen atoms in total. The number of carbonyl (C=O) groups is 2. The van der Waals surface area contributed by atoms with Crippen molar-refractivity contribution in [2.24, 2.45) is 5.92 Å². The maximum atomic E-state index is 13.0. The molecular weight excluding hydrogens is 302 g/mol. The van der Waals surface area contributed by atoms with E-state index in [9.17, 15) is 9.59 Å². The Morgan fingerprint density at radius 3 is 2.54 bits per heavy atom. The lowest BCUT2D eigenvalue weighted by Gasteiger charge is -2.36. The van der Waals surface area contributed by atoms with E-state index in [1.165, 1.54) is 0 Å². The van der Waals surface area contributed by atoms with Gasteiger partial charge in [0, 0.05) is 11.3 Å². The van der Waals surface area contributed by atoms with E-state index in [1.54, 1.807) is 6.92 Å². The first-order chi connectivity index (χ1) is 11.3. The van der Waals surface area contributed by atoms with Gasteiger partial charge in [-0.3, -0.25) is 4.79 Å². The normalized spacial score (nSPS) is 26.7. The van der Waals surface area contributed by atoms with Gasteiger partial charge in [0.2, 0.25) is 0 Å². The second kappa shape index (κ2) is 6.08. The summed E-state index contributed by atoms with van der Waals surface area (Å²) in [5.74, 6) is 0.0517. The zero-order chi connectivity index (χ0) is 17.5. The quantitative estimate of drug-likeness (QED) is 0.833. The predicted molar refractivity (Wildman–Crippen MR) is 93.7 cm³/mol. The smallest absolute Gasteiger partial charge is 0.335 e. The van der Waals surface area contributed by atoms with Crippen molar-refractivity contribution >= 4 is 17.6 Å². The van der Waals surface area contributed by atoms with Gasteiger partial charge in [0.15, 0.2) is 0 Å². The van der Waals surface area contributed by atoms with Crippen LogP contribution in [0.15, 0.2) is 29.3 Å². The molecule has 1 saturated carbocycles. The molecule has 0 saturated heterocycles. The van der Waals surface area contributed by atoms with Gasteiger partial charge in [-0.1, -0.05) is 19.1 Å². The average molecular weight is 327 g/mol. The van der Waals surface area contributed by atoms with Crippen molar-refractivity contribution in [3.63, 3.8) is 0 Å². The van der Waals surface area contributed by atoms with Crippen LogP contribution in [0.4, 0.5) is 5.69 Å². The fourth-order valence-electron chi connectivity index (χ4n) is 3.76. The summed E-state index contributed by atoms with van der Waals surface area (Å²) in [6.45, 7) is 7.86. The molecule has 24 heavy (non-hydrogen) atoms. The van der Waals surface area contributed by atoms with E-state index in [-0.39, 0.29) is 11.9 Å². The lowest BCUT2D eigenvalue weighted by atomic mass is 9.75. The Labute approximate surface area is 143 Å². The maximum absolute atomic E-state index is 13.0. The van der Waals surface area contributed by atoms with E-state index in [1.807, 2.05) is 32.0 Å². The molecule has 0 unspecified atom stereocenters. The molecule has 0 radical (unpaired) electrons. The number of amides is 1. The van der Waals surface area contributed by atoms with Crippen LogP contribution in [0.5, 0.6) is 0 Å². The molecule has 1 amide bonds. The van der Waals surface area contributed by atoms with E-state index in [0.717, 1.165) is 42.5 Å². The van der Waals surface area contributed by atoms with Crippen molar-refractivity contribution in [3.8, 4) is 0 Å². The molecule has 1 N–H and O–H groups in total. The van der Waals surface area contributed by atoms with Gasteiger partial charge >= 0.3 is 5.97 Å². The van der Waals surface area contributed by atoms with Crippen molar-refractivity contribution in [1.82, 2.24) is 0 Å². The van der Waals surface area contributed by atoms with Gasteiger partial charge in [-0.25, -0.2) is 4.79 Å². The highest BCUT2D eigenvalue weighted by molar-refractivity contribution is 6.12. The zero-order valence-electron chi connectivity index (χ0n) is 14.9. The van der Waals surface area contributed by atoms with Gasteiger partial charge in [0.25, 0.3) is 5.91 Å². The Morgan fingerprint density at radius 1 is 1.21 bits per heavy atom. The highest BCUT2D eigenvalue weighted by Gasteiger charge is 2.50. The van der Waals surface area contributed by atoms with Crippen molar-refractivity contribution in [1.29, 1.82) is 0 Å². The molecule has 1 heterocycles. The highest BCUT2D eigenvalue weighted by Crippen LogP contribution is 2.45. The average Bonchev–Trinajstić information content (AvgIpc) is 2.77. The van der Waals surface area contributed by atoms with Gasteiger partial charge in [-0.05, 0) is 69.6 Å².